The van der Waals surface area contributed by atoms with Gasteiger partial charge in [-0.25, -0.2) is 0 Å². The molecule has 6 nitrogen and oxygen atoms in total. The topological polar surface area (TPSA) is 92.5 Å². The van der Waals surface area contributed by atoms with E-state index in [4.69, 9.17) is 11.6 Å². The molecule has 0 spiro atoms. The molecule has 0 bridgehead atoms. The van der Waals surface area contributed by atoms with Gasteiger partial charge in [0.2, 0.25) is 0 Å². The molecule has 20 heavy (non-hydrogen) atoms. The quantitative estimate of drug-likeness (QED) is 0.623. The molecule has 0 aliphatic carbocycles. The Balaban J connectivity index is 3.04. The molecular weight excluding hydrogens is 284 g/mol. The van der Waals surface area contributed by atoms with Gasteiger partial charge in [0.1, 0.15) is 5.02 Å². The maximum absolute atomic E-state index is 12.1. The van der Waals surface area contributed by atoms with Crippen LogP contribution < -0.4 is 5.32 Å². The Morgan fingerprint density at radius 3 is 2.50 bits per heavy atom. The molecule has 0 unspecified atom stereocenters. The predicted octanol–water partition coefficient (Wildman–Crippen LogP) is 2.53. The maximum atomic E-state index is 12.1. The van der Waals surface area contributed by atoms with E-state index in [2.05, 4.69) is 5.32 Å². The molecule has 1 rings (SSSR count). The first-order valence-electron chi connectivity index (χ1n) is 6.26. The zero-order valence-electron chi connectivity index (χ0n) is 11.4. The molecule has 7 heteroatoms. The van der Waals surface area contributed by atoms with Crippen LogP contribution in [0.3, 0.4) is 0 Å². The Labute approximate surface area is 121 Å². The minimum absolute atomic E-state index is 0.0223. The largest absolute Gasteiger partial charge is 0.394 e. The minimum atomic E-state index is -0.717. The van der Waals surface area contributed by atoms with Crippen molar-refractivity contribution in [1.29, 1.82) is 0 Å². The lowest BCUT2D eigenvalue weighted by atomic mass is 9.93. The highest BCUT2D eigenvalue weighted by Crippen LogP contribution is 2.25. The van der Waals surface area contributed by atoms with E-state index < -0.39 is 16.4 Å². The normalized spacial score (nSPS) is 11.2. The lowest BCUT2D eigenvalue weighted by Crippen LogP contribution is -2.50. The van der Waals surface area contributed by atoms with Crippen molar-refractivity contribution in [1.82, 2.24) is 5.32 Å². The number of nitro benzene ring substituents is 1. The van der Waals surface area contributed by atoms with Crippen molar-refractivity contribution in [3.8, 4) is 0 Å². The van der Waals surface area contributed by atoms with Crippen LogP contribution in [0, 0.1) is 10.1 Å². The third-order valence-electron chi connectivity index (χ3n) is 3.44. The standard InChI is InChI=1S/C13H17ClN2O4/c1-3-13(4-2,8-17)15-12(18)9-5-6-10(14)11(7-9)16(19)20/h5-7,17H,3-4,8H2,1-2H3,(H,15,18). The zero-order valence-corrected chi connectivity index (χ0v) is 12.1. The molecule has 1 amide bonds. The third kappa shape index (κ3) is 3.46. The third-order valence-corrected chi connectivity index (χ3v) is 3.76. The molecule has 0 atom stereocenters. The van der Waals surface area contributed by atoms with Gasteiger partial charge >= 0.3 is 0 Å². The van der Waals surface area contributed by atoms with E-state index in [1.54, 1.807) is 0 Å². The lowest BCUT2D eigenvalue weighted by Gasteiger charge is -2.30. The molecule has 1 aromatic carbocycles. The lowest BCUT2D eigenvalue weighted by molar-refractivity contribution is -0.384. The van der Waals surface area contributed by atoms with Gasteiger partial charge in [-0.15, -0.1) is 0 Å². The number of carbonyl (C=O) groups is 1. The average Bonchev–Trinajstić information content (AvgIpc) is 2.45. The number of aliphatic hydroxyl groups is 1. The summed E-state index contributed by atoms with van der Waals surface area (Å²) in [6, 6.07) is 3.86. The van der Waals surface area contributed by atoms with Crippen molar-refractivity contribution in [2.45, 2.75) is 32.2 Å². The van der Waals surface area contributed by atoms with Crippen molar-refractivity contribution in [2.75, 3.05) is 6.61 Å². The summed E-state index contributed by atoms with van der Waals surface area (Å²) in [6.07, 6.45) is 1.11. The highest BCUT2D eigenvalue weighted by atomic mass is 35.5. The van der Waals surface area contributed by atoms with Gasteiger partial charge in [-0.05, 0) is 25.0 Å². The second-order valence-electron chi connectivity index (χ2n) is 4.52. The highest BCUT2D eigenvalue weighted by molar-refractivity contribution is 6.32. The number of nitro groups is 1. The first-order chi connectivity index (χ1) is 9.39. The van der Waals surface area contributed by atoms with E-state index in [0.29, 0.717) is 12.8 Å². The predicted molar refractivity (Wildman–Crippen MR) is 76.0 cm³/mol. The number of hydrogen-bond donors (Lipinski definition) is 2. The van der Waals surface area contributed by atoms with E-state index in [0.717, 1.165) is 6.07 Å². The molecule has 0 heterocycles. The van der Waals surface area contributed by atoms with Crippen molar-refractivity contribution in [3.63, 3.8) is 0 Å². The number of halogens is 1. The summed E-state index contributed by atoms with van der Waals surface area (Å²) in [7, 11) is 0. The molecule has 110 valence electrons. The molecule has 0 saturated heterocycles. The molecular formula is C13H17ClN2O4. The summed E-state index contributed by atoms with van der Waals surface area (Å²) in [6.45, 7) is 3.51. The summed E-state index contributed by atoms with van der Waals surface area (Å²) in [5.74, 6) is -0.470. The number of hydrogen-bond acceptors (Lipinski definition) is 4. The van der Waals surface area contributed by atoms with Gasteiger partial charge in [-0.1, -0.05) is 25.4 Å². The molecule has 0 fully saturated rings. The number of amides is 1. The summed E-state index contributed by atoms with van der Waals surface area (Å²) < 4.78 is 0. The number of benzene rings is 1. The zero-order chi connectivity index (χ0) is 15.3. The number of rotatable bonds is 6. The van der Waals surface area contributed by atoms with Crippen LogP contribution in [-0.4, -0.2) is 28.1 Å². The Hall–Kier alpha value is -1.66. The molecule has 0 aromatic heterocycles. The maximum Gasteiger partial charge on any atom is 0.288 e. The fourth-order valence-electron chi connectivity index (χ4n) is 1.80. The van der Waals surface area contributed by atoms with E-state index in [9.17, 15) is 20.0 Å². The van der Waals surface area contributed by atoms with Crippen LogP contribution in [0.5, 0.6) is 0 Å². The highest BCUT2D eigenvalue weighted by Gasteiger charge is 2.28. The SMILES string of the molecule is CCC(CC)(CO)NC(=O)c1ccc(Cl)c([N+](=O)[O-])c1. The van der Waals surface area contributed by atoms with Crippen LogP contribution in [0.1, 0.15) is 37.0 Å². The van der Waals surface area contributed by atoms with Crippen LogP contribution in [0.25, 0.3) is 0 Å². The Kier molecular flexibility index (Phi) is 5.47. The van der Waals surface area contributed by atoms with E-state index >= 15 is 0 Å². The number of carbonyl (C=O) groups excluding carboxylic acids is 1. The second kappa shape index (κ2) is 6.67. The van der Waals surface area contributed by atoms with Crippen LogP contribution >= 0.6 is 11.6 Å². The fourth-order valence-corrected chi connectivity index (χ4v) is 1.98. The number of nitrogens with zero attached hydrogens (tertiary/aromatic N) is 1. The summed E-state index contributed by atoms with van der Waals surface area (Å²) in [5, 5.41) is 22.9. The summed E-state index contributed by atoms with van der Waals surface area (Å²) in [5.41, 5.74) is -0.895. The smallest absolute Gasteiger partial charge is 0.288 e. The van der Waals surface area contributed by atoms with Crippen LogP contribution in [-0.2, 0) is 0 Å². The Morgan fingerprint density at radius 2 is 2.05 bits per heavy atom. The van der Waals surface area contributed by atoms with Crippen LogP contribution in [0.2, 0.25) is 5.02 Å². The van der Waals surface area contributed by atoms with Crippen molar-refractivity contribution < 1.29 is 14.8 Å². The first-order valence-corrected chi connectivity index (χ1v) is 6.64. The minimum Gasteiger partial charge on any atom is -0.394 e. The Morgan fingerprint density at radius 1 is 1.45 bits per heavy atom. The monoisotopic (exact) mass is 300 g/mol. The molecule has 0 aliphatic heterocycles. The molecule has 2 N–H and O–H groups in total. The van der Waals surface area contributed by atoms with E-state index in [1.807, 2.05) is 13.8 Å². The summed E-state index contributed by atoms with van der Waals surface area (Å²) in [4.78, 5) is 22.3. The van der Waals surface area contributed by atoms with E-state index in [-0.39, 0.29) is 22.9 Å². The van der Waals surface area contributed by atoms with Gasteiger partial charge in [0, 0.05) is 11.6 Å². The van der Waals surface area contributed by atoms with Crippen molar-refractivity contribution >= 4 is 23.2 Å². The Bertz CT molecular complexity index is 507. The van der Waals surface area contributed by atoms with Gasteiger partial charge in [0.05, 0.1) is 17.1 Å². The second-order valence-corrected chi connectivity index (χ2v) is 4.93. The fraction of sp³-hybridized carbons (Fsp3) is 0.462. The van der Waals surface area contributed by atoms with Crippen LogP contribution in [0.15, 0.2) is 18.2 Å². The molecule has 0 radical (unpaired) electrons. The first kappa shape index (κ1) is 16.4. The van der Waals surface area contributed by atoms with Gasteiger partial charge in [0.25, 0.3) is 11.6 Å². The van der Waals surface area contributed by atoms with Crippen LogP contribution in [0.4, 0.5) is 5.69 Å². The van der Waals surface area contributed by atoms with Gasteiger partial charge < -0.3 is 10.4 Å². The molecule has 0 aliphatic rings. The number of nitrogens with one attached hydrogen (secondary N) is 1. The molecule has 0 saturated carbocycles. The van der Waals surface area contributed by atoms with Crippen molar-refractivity contribution in [3.05, 3.63) is 38.9 Å². The summed E-state index contributed by atoms with van der Waals surface area (Å²) >= 11 is 5.70. The van der Waals surface area contributed by atoms with Crippen molar-refractivity contribution in [2.24, 2.45) is 0 Å². The van der Waals surface area contributed by atoms with E-state index in [1.165, 1.54) is 12.1 Å². The van der Waals surface area contributed by atoms with Gasteiger partial charge in [-0.3, -0.25) is 14.9 Å². The molecule has 1 aromatic rings. The van der Waals surface area contributed by atoms with Gasteiger partial charge in [0.15, 0.2) is 0 Å². The van der Waals surface area contributed by atoms with Gasteiger partial charge in [-0.2, -0.15) is 0 Å². The average molecular weight is 301 g/mol. The number of aliphatic hydroxyl groups excluding tert-OH is 1.